The number of aryl methyl sites for hydroxylation is 1. The molecule has 1 aromatic heterocycles. The quantitative estimate of drug-likeness (QED) is 0.922. The fourth-order valence-corrected chi connectivity index (χ4v) is 2.10. The molecule has 0 aliphatic carbocycles. The van der Waals surface area contributed by atoms with Crippen LogP contribution in [-0.4, -0.2) is 10.5 Å². The lowest BCUT2D eigenvalue weighted by atomic mass is 10.2. The minimum absolute atomic E-state index is 0.0728. The number of hydrogen-bond acceptors (Lipinski definition) is 2. The highest BCUT2D eigenvalue weighted by atomic mass is 79.9. The first-order valence-corrected chi connectivity index (χ1v) is 6.20. The molecule has 0 unspecified atom stereocenters. The summed E-state index contributed by atoms with van der Waals surface area (Å²) in [5, 5.41) is 2.54. The van der Waals surface area contributed by atoms with Crippen molar-refractivity contribution in [2.75, 3.05) is 5.32 Å². The standard InChI is InChI=1S/C13H10BrFN2O2/c1-17-7-8(5-6-11(17)18)16-13(19)12-9(14)3-2-4-10(12)15/h2-7H,1H3,(H,16,19). The molecule has 2 aromatic rings. The number of nitrogens with zero attached hydrogens (tertiary/aromatic N) is 1. The second-order valence-corrected chi connectivity index (χ2v) is 4.77. The van der Waals surface area contributed by atoms with Gasteiger partial charge in [0, 0.05) is 23.8 Å². The van der Waals surface area contributed by atoms with Crippen LogP contribution in [0.15, 0.2) is 45.8 Å². The molecule has 0 aliphatic rings. The molecule has 0 saturated carbocycles. The van der Waals surface area contributed by atoms with E-state index in [0.29, 0.717) is 10.2 Å². The monoisotopic (exact) mass is 324 g/mol. The molecule has 0 aliphatic heterocycles. The molecule has 19 heavy (non-hydrogen) atoms. The topological polar surface area (TPSA) is 51.1 Å². The summed E-state index contributed by atoms with van der Waals surface area (Å²) in [4.78, 5) is 23.2. The maximum atomic E-state index is 13.6. The molecule has 0 radical (unpaired) electrons. The molecular formula is C13H10BrFN2O2. The van der Waals surface area contributed by atoms with Crippen molar-refractivity contribution >= 4 is 27.5 Å². The molecule has 1 N–H and O–H groups in total. The molecule has 6 heteroatoms. The van der Waals surface area contributed by atoms with Crippen LogP contribution in [0.25, 0.3) is 0 Å². The third kappa shape index (κ3) is 2.90. The van der Waals surface area contributed by atoms with Crippen LogP contribution in [0.5, 0.6) is 0 Å². The smallest absolute Gasteiger partial charge is 0.259 e. The first kappa shape index (κ1) is 13.5. The zero-order chi connectivity index (χ0) is 14.0. The predicted molar refractivity (Wildman–Crippen MR) is 73.7 cm³/mol. The van der Waals surface area contributed by atoms with Crippen LogP contribution in [-0.2, 0) is 7.05 Å². The number of amides is 1. The number of carbonyl (C=O) groups is 1. The van der Waals surface area contributed by atoms with E-state index in [1.807, 2.05) is 0 Å². The van der Waals surface area contributed by atoms with Gasteiger partial charge < -0.3 is 9.88 Å². The summed E-state index contributed by atoms with van der Waals surface area (Å²) in [7, 11) is 1.57. The summed E-state index contributed by atoms with van der Waals surface area (Å²) in [5.41, 5.74) is 0.156. The minimum Gasteiger partial charge on any atom is -0.321 e. The Morgan fingerprint density at radius 2 is 2.05 bits per heavy atom. The summed E-state index contributed by atoms with van der Waals surface area (Å²) in [6.45, 7) is 0. The minimum atomic E-state index is -0.614. The summed E-state index contributed by atoms with van der Waals surface area (Å²) in [6, 6.07) is 7.09. The summed E-state index contributed by atoms with van der Waals surface area (Å²) < 4.78 is 15.3. The highest BCUT2D eigenvalue weighted by Gasteiger charge is 2.15. The van der Waals surface area contributed by atoms with Crippen LogP contribution in [0.3, 0.4) is 0 Å². The van der Waals surface area contributed by atoms with Crippen molar-refractivity contribution in [3.8, 4) is 0 Å². The number of halogens is 2. The average molecular weight is 325 g/mol. The SMILES string of the molecule is Cn1cc(NC(=O)c2c(F)cccc2Br)ccc1=O. The van der Waals surface area contributed by atoms with Crippen LogP contribution in [0.2, 0.25) is 0 Å². The number of rotatable bonds is 2. The first-order valence-electron chi connectivity index (χ1n) is 5.41. The Labute approximate surface area is 117 Å². The normalized spacial score (nSPS) is 10.3. The number of hydrogen-bond donors (Lipinski definition) is 1. The molecule has 0 atom stereocenters. The number of pyridine rings is 1. The van der Waals surface area contributed by atoms with E-state index in [0.717, 1.165) is 0 Å². The third-order valence-corrected chi connectivity index (χ3v) is 3.19. The molecule has 2 rings (SSSR count). The van der Waals surface area contributed by atoms with Gasteiger partial charge in [0.2, 0.25) is 5.56 Å². The van der Waals surface area contributed by atoms with E-state index in [-0.39, 0.29) is 11.1 Å². The molecule has 0 bridgehead atoms. The van der Waals surface area contributed by atoms with E-state index in [9.17, 15) is 14.0 Å². The molecule has 1 aromatic carbocycles. The number of anilines is 1. The van der Waals surface area contributed by atoms with Gasteiger partial charge in [0.1, 0.15) is 5.82 Å². The van der Waals surface area contributed by atoms with E-state index < -0.39 is 11.7 Å². The van der Waals surface area contributed by atoms with Gasteiger partial charge in [-0.3, -0.25) is 9.59 Å². The molecule has 0 spiro atoms. The molecule has 0 saturated heterocycles. The van der Waals surface area contributed by atoms with E-state index in [1.165, 1.54) is 35.0 Å². The zero-order valence-electron chi connectivity index (χ0n) is 9.98. The largest absolute Gasteiger partial charge is 0.321 e. The lowest BCUT2D eigenvalue weighted by molar-refractivity contribution is 0.102. The van der Waals surface area contributed by atoms with E-state index >= 15 is 0 Å². The molecule has 4 nitrogen and oxygen atoms in total. The third-order valence-electron chi connectivity index (χ3n) is 2.53. The summed E-state index contributed by atoms with van der Waals surface area (Å²) >= 11 is 3.13. The highest BCUT2D eigenvalue weighted by Crippen LogP contribution is 2.20. The Kier molecular flexibility index (Phi) is 3.80. The Bertz CT molecular complexity index is 677. The summed E-state index contributed by atoms with van der Waals surface area (Å²) in [6.07, 6.45) is 1.47. The molecule has 1 amide bonds. The lowest BCUT2D eigenvalue weighted by Crippen LogP contribution is -2.19. The number of benzene rings is 1. The summed E-state index contributed by atoms with van der Waals surface area (Å²) in [5.74, 6) is -1.19. The second-order valence-electron chi connectivity index (χ2n) is 3.92. The highest BCUT2D eigenvalue weighted by molar-refractivity contribution is 9.10. The fraction of sp³-hybridized carbons (Fsp3) is 0.0769. The molecule has 1 heterocycles. The van der Waals surface area contributed by atoms with Gasteiger partial charge >= 0.3 is 0 Å². The van der Waals surface area contributed by atoms with E-state index in [1.54, 1.807) is 13.1 Å². The van der Waals surface area contributed by atoms with Gasteiger partial charge in [-0.15, -0.1) is 0 Å². The average Bonchev–Trinajstić information content (AvgIpc) is 2.33. The number of aromatic nitrogens is 1. The Hall–Kier alpha value is -1.95. The van der Waals surface area contributed by atoms with Crippen LogP contribution < -0.4 is 10.9 Å². The van der Waals surface area contributed by atoms with Crippen LogP contribution in [0, 0.1) is 5.82 Å². The maximum Gasteiger partial charge on any atom is 0.259 e. The van der Waals surface area contributed by atoms with Gasteiger partial charge in [-0.05, 0) is 34.1 Å². The van der Waals surface area contributed by atoms with Gasteiger partial charge in [0.25, 0.3) is 5.91 Å². The van der Waals surface area contributed by atoms with Crippen molar-refractivity contribution in [2.45, 2.75) is 0 Å². The zero-order valence-corrected chi connectivity index (χ0v) is 11.6. The number of carbonyl (C=O) groups excluding carboxylic acids is 1. The maximum absolute atomic E-state index is 13.6. The van der Waals surface area contributed by atoms with Crippen LogP contribution in [0.1, 0.15) is 10.4 Å². The van der Waals surface area contributed by atoms with Gasteiger partial charge in [0.15, 0.2) is 0 Å². The molecular weight excluding hydrogens is 315 g/mol. The molecule has 0 fully saturated rings. The Balaban J connectivity index is 2.31. The Morgan fingerprint density at radius 3 is 2.68 bits per heavy atom. The van der Waals surface area contributed by atoms with Crippen molar-refractivity contribution in [3.05, 3.63) is 62.7 Å². The lowest BCUT2D eigenvalue weighted by Gasteiger charge is -2.08. The van der Waals surface area contributed by atoms with Gasteiger partial charge in [-0.2, -0.15) is 0 Å². The van der Waals surface area contributed by atoms with Crippen molar-refractivity contribution < 1.29 is 9.18 Å². The van der Waals surface area contributed by atoms with Crippen molar-refractivity contribution in [1.29, 1.82) is 0 Å². The number of nitrogens with one attached hydrogen (secondary N) is 1. The Morgan fingerprint density at radius 1 is 1.32 bits per heavy atom. The first-order chi connectivity index (χ1) is 8.99. The van der Waals surface area contributed by atoms with Crippen LogP contribution >= 0.6 is 15.9 Å². The van der Waals surface area contributed by atoms with Crippen molar-refractivity contribution in [3.63, 3.8) is 0 Å². The predicted octanol–water partition coefficient (Wildman–Crippen LogP) is 2.54. The van der Waals surface area contributed by atoms with Gasteiger partial charge in [-0.1, -0.05) is 6.07 Å². The van der Waals surface area contributed by atoms with Gasteiger partial charge in [-0.25, -0.2) is 4.39 Å². The fourth-order valence-electron chi connectivity index (χ4n) is 1.58. The van der Waals surface area contributed by atoms with E-state index in [2.05, 4.69) is 21.2 Å². The van der Waals surface area contributed by atoms with E-state index in [4.69, 9.17) is 0 Å². The molecule has 98 valence electrons. The van der Waals surface area contributed by atoms with Crippen molar-refractivity contribution in [2.24, 2.45) is 7.05 Å². The van der Waals surface area contributed by atoms with Gasteiger partial charge in [0.05, 0.1) is 11.3 Å². The van der Waals surface area contributed by atoms with Crippen LogP contribution in [0.4, 0.5) is 10.1 Å². The van der Waals surface area contributed by atoms with Crippen molar-refractivity contribution in [1.82, 2.24) is 4.57 Å². The second kappa shape index (κ2) is 5.36.